The zero-order valence-electron chi connectivity index (χ0n) is 9.81. The molecule has 1 fully saturated rings. The Morgan fingerprint density at radius 3 is 3.00 bits per heavy atom. The van der Waals surface area contributed by atoms with Gasteiger partial charge < -0.3 is 10.1 Å². The summed E-state index contributed by atoms with van der Waals surface area (Å²) < 4.78 is 2.05. The molecule has 4 nitrogen and oxygen atoms in total. The van der Waals surface area contributed by atoms with E-state index in [-0.39, 0.29) is 12.3 Å². The minimum atomic E-state index is -0.0269. The maximum Gasteiger partial charge on any atom is 0.178 e. The maximum atomic E-state index is 11.8. The van der Waals surface area contributed by atoms with E-state index >= 15 is 0 Å². The molecule has 17 heavy (non-hydrogen) atoms. The molecule has 0 atom stereocenters. The predicted octanol–water partition coefficient (Wildman–Crippen LogP) is 1.66. The SMILES string of the molecule is Cc1nc(C2CC2)n2cccc(C(=O)CN)c12. The van der Waals surface area contributed by atoms with Gasteiger partial charge in [0, 0.05) is 17.7 Å². The van der Waals surface area contributed by atoms with Gasteiger partial charge in [0.1, 0.15) is 5.82 Å². The highest BCUT2D eigenvalue weighted by Gasteiger charge is 2.29. The maximum absolute atomic E-state index is 11.8. The predicted molar refractivity (Wildman–Crippen MR) is 65.3 cm³/mol. The summed E-state index contributed by atoms with van der Waals surface area (Å²) in [7, 11) is 0. The Labute approximate surface area is 99.5 Å². The number of Topliss-reactive ketones (excluding diaryl/α,β-unsaturated/α-hetero) is 1. The van der Waals surface area contributed by atoms with E-state index < -0.39 is 0 Å². The van der Waals surface area contributed by atoms with E-state index in [1.165, 1.54) is 12.8 Å². The average molecular weight is 229 g/mol. The number of hydrogen-bond acceptors (Lipinski definition) is 3. The number of imidazole rings is 1. The van der Waals surface area contributed by atoms with Gasteiger partial charge in [-0.05, 0) is 31.9 Å². The highest BCUT2D eigenvalue weighted by molar-refractivity contribution is 6.04. The van der Waals surface area contributed by atoms with E-state index in [0.717, 1.165) is 17.0 Å². The molecular formula is C13H15N3O. The van der Waals surface area contributed by atoms with Gasteiger partial charge in [0.15, 0.2) is 5.78 Å². The molecule has 0 aliphatic heterocycles. The normalized spacial score (nSPS) is 15.4. The highest BCUT2D eigenvalue weighted by atomic mass is 16.1. The van der Waals surface area contributed by atoms with Crippen molar-refractivity contribution in [2.75, 3.05) is 6.54 Å². The van der Waals surface area contributed by atoms with Crippen molar-refractivity contribution in [1.29, 1.82) is 0 Å². The third-order valence-corrected chi connectivity index (χ3v) is 3.29. The topological polar surface area (TPSA) is 60.4 Å². The van der Waals surface area contributed by atoms with E-state index in [0.29, 0.717) is 11.5 Å². The van der Waals surface area contributed by atoms with Gasteiger partial charge >= 0.3 is 0 Å². The van der Waals surface area contributed by atoms with Crippen molar-refractivity contribution in [2.45, 2.75) is 25.7 Å². The van der Waals surface area contributed by atoms with Gasteiger partial charge in [0.2, 0.25) is 0 Å². The van der Waals surface area contributed by atoms with Gasteiger partial charge in [0.05, 0.1) is 17.8 Å². The third-order valence-electron chi connectivity index (χ3n) is 3.29. The Balaban J connectivity index is 2.27. The zero-order chi connectivity index (χ0) is 12.0. The number of rotatable bonds is 3. The van der Waals surface area contributed by atoms with E-state index in [1.54, 1.807) is 0 Å². The van der Waals surface area contributed by atoms with Gasteiger partial charge in [-0.1, -0.05) is 0 Å². The van der Waals surface area contributed by atoms with E-state index in [4.69, 9.17) is 5.73 Å². The lowest BCUT2D eigenvalue weighted by Crippen LogP contribution is -2.14. The average Bonchev–Trinajstić information content (AvgIpc) is 3.13. The van der Waals surface area contributed by atoms with Crippen LogP contribution in [-0.2, 0) is 0 Å². The quantitative estimate of drug-likeness (QED) is 0.814. The molecule has 1 aliphatic rings. The summed E-state index contributed by atoms with van der Waals surface area (Å²) in [5.74, 6) is 1.63. The number of fused-ring (bicyclic) bond motifs is 1. The molecule has 2 aromatic rings. The number of nitrogens with two attached hydrogens (primary N) is 1. The van der Waals surface area contributed by atoms with E-state index in [2.05, 4.69) is 9.38 Å². The Bertz CT molecular complexity index is 596. The second-order valence-electron chi connectivity index (χ2n) is 4.60. The van der Waals surface area contributed by atoms with Crippen molar-refractivity contribution in [1.82, 2.24) is 9.38 Å². The number of ketones is 1. The fraction of sp³-hybridized carbons (Fsp3) is 0.385. The summed E-state index contributed by atoms with van der Waals surface area (Å²) in [6.45, 7) is 2.00. The number of aryl methyl sites for hydroxylation is 1. The van der Waals surface area contributed by atoms with Crippen LogP contribution in [0.4, 0.5) is 0 Å². The summed E-state index contributed by atoms with van der Waals surface area (Å²) in [4.78, 5) is 16.4. The first kappa shape index (κ1) is 10.5. The molecule has 3 rings (SSSR count). The monoisotopic (exact) mass is 229 g/mol. The summed E-state index contributed by atoms with van der Waals surface area (Å²) in [6, 6.07) is 3.72. The molecule has 0 radical (unpaired) electrons. The first-order valence-corrected chi connectivity index (χ1v) is 5.93. The zero-order valence-corrected chi connectivity index (χ0v) is 9.81. The number of carbonyl (C=O) groups excluding carboxylic acids is 1. The Hall–Kier alpha value is -1.68. The van der Waals surface area contributed by atoms with Crippen LogP contribution in [-0.4, -0.2) is 21.7 Å². The van der Waals surface area contributed by atoms with Crippen LogP contribution >= 0.6 is 0 Å². The molecule has 0 aromatic carbocycles. The van der Waals surface area contributed by atoms with Crippen LogP contribution in [0.15, 0.2) is 18.3 Å². The van der Waals surface area contributed by atoms with Crippen LogP contribution in [0.1, 0.15) is 40.6 Å². The van der Waals surface area contributed by atoms with Crippen LogP contribution in [0.25, 0.3) is 5.52 Å². The van der Waals surface area contributed by atoms with Crippen molar-refractivity contribution in [3.63, 3.8) is 0 Å². The molecule has 1 saturated carbocycles. The molecule has 88 valence electrons. The molecule has 0 spiro atoms. The molecule has 0 unspecified atom stereocenters. The molecular weight excluding hydrogens is 214 g/mol. The van der Waals surface area contributed by atoms with Crippen molar-refractivity contribution >= 4 is 11.3 Å². The van der Waals surface area contributed by atoms with Crippen molar-refractivity contribution in [3.05, 3.63) is 35.4 Å². The van der Waals surface area contributed by atoms with Crippen LogP contribution in [0.3, 0.4) is 0 Å². The lowest BCUT2D eigenvalue weighted by molar-refractivity contribution is 0.100. The summed E-state index contributed by atoms with van der Waals surface area (Å²) in [6.07, 6.45) is 4.39. The van der Waals surface area contributed by atoms with Crippen molar-refractivity contribution in [3.8, 4) is 0 Å². The summed E-state index contributed by atoms with van der Waals surface area (Å²) in [5, 5.41) is 0. The van der Waals surface area contributed by atoms with Gasteiger partial charge in [0.25, 0.3) is 0 Å². The minimum Gasteiger partial charge on any atom is -0.324 e. The van der Waals surface area contributed by atoms with Crippen molar-refractivity contribution < 1.29 is 4.79 Å². The number of nitrogens with zero attached hydrogens (tertiary/aromatic N) is 2. The Morgan fingerprint density at radius 1 is 1.59 bits per heavy atom. The lowest BCUT2D eigenvalue weighted by atomic mass is 10.1. The minimum absolute atomic E-state index is 0.0269. The molecule has 2 aromatic heterocycles. The fourth-order valence-corrected chi connectivity index (χ4v) is 2.31. The Morgan fingerprint density at radius 2 is 2.35 bits per heavy atom. The number of pyridine rings is 1. The smallest absolute Gasteiger partial charge is 0.178 e. The van der Waals surface area contributed by atoms with E-state index in [9.17, 15) is 4.79 Å². The molecule has 0 saturated heterocycles. The largest absolute Gasteiger partial charge is 0.324 e. The number of aromatic nitrogens is 2. The molecule has 1 aliphatic carbocycles. The van der Waals surface area contributed by atoms with Crippen LogP contribution < -0.4 is 5.73 Å². The van der Waals surface area contributed by atoms with Crippen molar-refractivity contribution in [2.24, 2.45) is 5.73 Å². The molecule has 0 bridgehead atoms. The highest BCUT2D eigenvalue weighted by Crippen LogP contribution is 2.40. The summed E-state index contributed by atoms with van der Waals surface area (Å²) >= 11 is 0. The first-order chi connectivity index (χ1) is 8.22. The lowest BCUT2D eigenvalue weighted by Gasteiger charge is -2.04. The third kappa shape index (κ3) is 1.56. The van der Waals surface area contributed by atoms with Gasteiger partial charge in [-0.2, -0.15) is 0 Å². The molecule has 2 N–H and O–H groups in total. The van der Waals surface area contributed by atoms with E-state index in [1.807, 2.05) is 25.3 Å². The molecule has 4 heteroatoms. The fourth-order valence-electron chi connectivity index (χ4n) is 2.31. The van der Waals surface area contributed by atoms with Crippen LogP contribution in [0.2, 0.25) is 0 Å². The molecule has 2 heterocycles. The molecule has 0 amide bonds. The second-order valence-corrected chi connectivity index (χ2v) is 4.60. The van der Waals surface area contributed by atoms with Crippen LogP contribution in [0, 0.1) is 6.92 Å². The summed E-state index contributed by atoms with van der Waals surface area (Å²) in [5.41, 5.74) is 7.97. The number of hydrogen-bond donors (Lipinski definition) is 1. The first-order valence-electron chi connectivity index (χ1n) is 5.93. The van der Waals surface area contributed by atoms with Gasteiger partial charge in [-0.25, -0.2) is 4.98 Å². The van der Waals surface area contributed by atoms with Gasteiger partial charge in [-0.15, -0.1) is 0 Å². The standard InChI is InChI=1S/C13H15N3O/c1-8-12-10(11(17)7-14)3-2-6-16(12)13(15-8)9-4-5-9/h2-3,6,9H,4-5,7,14H2,1H3. The second kappa shape index (κ2) is 3.67. The van der Waals surface area contributed by atoms with Crippen LogP contribution in [0.5, 0.6) is 0 Å². The Kier molecular flexibility index (Phi) is 2.26. The number of carbonyl (C=O) groups is 1. The van der Waals surface area contributed by atoms with Gasteiger partial charge in [-0.3, -0.25) is 4.79 Å².